The summed E-state index contributed by atoms with van der Waals surface area (Å²) in [6.07, 6.45) is 0.454. The first kappa shape index (κ1) is 17.5. The zero-order chi connectivity index (χ0) is 16.9. The first-order valence-corrected chi connectivity index (χ1v) is 8.85. The fourth-order valence-electron chi connectivity index (χ4n) is 2.32. The Morgan fingerprint density at radius 3 is 2.48 bits per heavy atom. The van der Waals surface area contributed by atoms with Gasteiger partial charge in [0.25, 0.3) is 5.91 Å². The molecule has 1 aromatic rings. The number of amides is 1. The molecule has 0 saturated carbocycles. The molecule has 0 spiro atoms. The van der Waals surface area contributed by atoms with Crippen LogP contribution in [0.2, 0.25) is 0 Å². The van der Waals surface area contributed by atoms with E-state index in [9.17, 15) is 18.3 Å². The average molecular weight is 336 g/mol. The first-order valence-electron chi connectivity index (χ1n) is 7.41. The summed E-state index contributed by atoms with van der Waals surface area (Å²) >= 11 is 0. The fraction of sp³-hybridized carbons (Fsp3) is 0.438. The number of carbonyl (C=O) groups is 1. The smallest absolute Gasteiger partial charge is 0.252 e. The predicted molar refractivity (Wildman–Crippen MR) is 86.2 cm³/mol. The number of carbonyl (C=O) groups excluding carboxylic acids is 1. The van der Waals surface area contributed by atoms with Gasteiger partial charge in [-0.3, -0.25) is 4.79 Å². The molecule has 1 aliphatic rings. The molecular formula is C16H20N2O4S. The van der Waals surface area contributed by atoms with Gasteiger partial charge in [0.2, 0.25) is 10.0 Å². The number of aliphatic hydroxyl groups excluding tert-OH is 1. The van der Waals surface area contributed by atoms with Gasteiger partial charge in [-0.2, -0.15) is 4.31 Å². The third-order valence-electron chi connectivity index (χ3n) is 3.69. The maximum Gasteiger partial charge on any atom is 0.252 e. The Morgan fingerprint density at radius 2 is 1.91 bits per heavy atom. The molecule has 0 radical (unpaired) electrons. The number of hydrogen-bond acceptors (Lipinski definition) is 4. The minimum Gasteiger partial charge on any atom is -0.393 e. The van der Waals surface area contributed by atoms with Gasteiger partial charge in [0.05, 0.1) is 17.5 Å². The second kappa shape index (κ2) is 7.59. The van der Waals surface area contributed by atoms with E-state index >= 15 is 0 Å². The van der Waals surface area contributed by atoms with Gasteiger partial charge in [0.1, 0.15) is 0 Å². The van der Waals surface area contributed by atoms with Gasteiger partial charge in [0, 0.05) is 18.7 Å². The van der Waals surface area contributed by atoms with Gasteiger partial charge in [0.15, 0.2) is 0 Å². The van der Waals surface area contributed by atoms with Crippen molar-refractivity contribution < 1.29 is 18.3 Å². The van der Waals surface area contributed by atoms with E-state index in [2.05, 4.69) is 17.2 Å². The van der Waals surface area contributed by atoms with Crippen molar-refractivity contribution in [2.75, 3.05) is 19.6 Å². The number of piperidine rings is 1. The van der Waals surface area contributed by atoms with Crippen LogP contribution in [0.4, 0.5) is 0 Å². The molecule has 1 aromatic carbocycles. The lowest BCUT2D eigenvalue weighted by atomic mass is 10.1. The Hall–Kier alpha value is -1.88. The van der Waals surface area contributed by atoms with E-state index in [4.69, 9.17) is 0 Å². The van der Waals surface area contributed by atoms with Crippen LogP contribution in [-0.4, -0.2) is 49.5 Å². The van der Waals surface area contributed by atoms with Crippen LogP contribution in [0.15, 0.2) is 29.2 Å². The molecule has 0 aromatic heterocycles. The lowest BCUT2D eigenvalue weighted by molar-refractivity contribution is 0.0958. The Kier molecular flexibility index (Phi) is 5.77. The molecule has 2 rings (SSSR count). The molecule has 1 heterocycles. The Balaban J connectivity index is 2.08. The van der Waals surface area contributed by atoms with E-state index in [0.717, 1.165) is 0 Å². The van der Waals surface area contributed by atoms with Crippen LogP contribution in [0, 0.1) is 11.8 Å². The lowest BCUT2D eigenvalue weighted by Gasteiger charge is -2.28. The summed E-state index contributed by atoms with van der Waals surface area (Å²) in [7, 11) is -3.58. The molecule has 0 atom stereocenters. The van der Waals surface area contributed by atoms with Gasteiger partial charge in [-0.1, -0.05) is 5.92 Å². The van der Waals surface area contributed by atoms with Crippen molar-refractivity contribution in [3.05, 3.63) is 29.8 Å². The van der Waals surface area contributed by atoms with Crippen molar-refractivity contribution in [2.45, 2.75) is 30.8 Å². The summed E-state index contributed by atoms with van der Waals surface area (Å²) in [6, 6.07) is 5.84. The molecule has 2 N–H and O–H groups in total. The first-order chi connectivity index (χ1) is 10.9. The maximum atomic E-state index is 12.5. The summed E-state index contributed by atoms with van der Waals surface area (Å²) in [4.78, 5) is 12.0. The van der Waals surface area contributed by atoms with Crippen LogP contribution in [0.3, 0.4) is 0 Å². The highest BCUT2D eigenvalue weighted by Gasteiger charge is 2.28. The molecule has 1 saturated heterocycles. The van der Waals surface area contributed by atoms with Crippen molar-refractivity contribution in [1.82, 2.24) is 9.62 Å². The predicted octanol–water partition coefficient (Wildman–Crippen LogP) is 0.585. The van der Waals surface area contributed by atoms with Crippen molar-refractivity contribution >= 4 is 15.9 Å². The van der Waals surface area contributed by atoms with E-state index in [1.165, 1.54) is 28.6 Å². The molecule has 1 amide bonds. The van der Waals surface area contributed by atoms with Crippen molar-refractivity contribution in [1.29, 1.82) is 0 Å². The van der Waals surface area contributed by atoms with E-state index in [1.54, 1.807) is 6.92 Å². The largest absolute Gasteiger partial charge is 0.393 e. The summed E-state index contributed by atoms with van der Waals surface area (Å²) in [5.41, 5.74) is 0.385. The van der Waals surface area contributed by atoms with Crippen LogP contribution in [0.25, 0.3) is 0 Å². The number of sulfonamides is 1. The lowest BCUT2D eigenvalue weighted by Crippen LogP contribution is -2.40. The van der Waals surface area contributed by atoms with Crippen molar-refractivity contribution in [3.63, 3.8) is 0 Å². The number of rotatable bonds is 4. The van der Waals surface area contributed by atoms with E-state index in [-0.39, 0.29) is 17.3 Å². The zero-order valence-corrected chi connectivity index (χ0v) is 13.8. The van der Waals surface area contributed by atoms with Gasteiger partial charge in [-0.05, 0) is 44.0 Å². The quantitative estimate of drug-likeness (QED) is 0.788. The summed E-state index contributed by atoms with van der Waals surface area (Å²) in [6.45, 7) is 2.56. The third-order valence-corrected chi connectivity index (χ3v) is 5.60. The van der Waals surface area contributed by atoms with Gasteiger partial charge < -0.3 is 10.4 Å². The second-order valence-corrected chi connectivity index (χ2v) is 7.21. The number of nitrogens with zero attached hydrogens (tertiary/aromatic N) is 1. The highest BCUT2D eigenvalue weighted by atomic mass is 32.2. The van der Waals surface area contributed by atoms with Gasteiger partial charge in [-0.25, -0.2) is 8.42 Å². The highest BCUT2D eigenvalue weighted by molar-refractivity contribution is 7.89. The topological polar surface area (TPSA) is 86.7 Å². The van der Waals surface area contributed by atoms with Crippen LogP contribution in [-0.2, 0) is 10.0 Å². The maximum absolute atomic E-state index is 12.5. The van der Waals surface area contributed by atoms with E-state index in [1.807, 2.05) is 0 Å². The van der Waals surface area contributed by atoms with Crippen LogP contribution in [0.5, 0.6) is 0 Å². The Morgan fingerprint density at radius 1 is 1.30 bits per heavy atom. The molecule has 6 nitrogen and oxygen atoms in total. The molecule has 0 unspecified atom stereocenters. The molecule has 1 fully saturated rings. The van der Waals surface area contributed by atoms with Crippen LogP contribution < -0.4 is 5.32 Å². The third kappa shape index (κ3) is 4.32. The standard InChI is InChI=1S/C16H20N2O4S/c1-2-3-10-17-16(20)13-4-6-15(7-5-13)23(21,22)18-11-8-14(19)9-12-18/h4-7,14,19H,8-12H2,1H3,(H,17,20). The van der Waals surface area contributed by atoms with Crippen LogP contribution >= 0.6 is 0 Å². The zero-order valence-electron chi connectivity index (χ0n) is 12.9. The summed E-state index contributed by atoms with van der Waals surface area (Å²) < 4.78 is 26.4. The summed E-state index contributed by atoms with van der Waals surface area (Å²) in [5, 5.41) is 12.1. The fourth-order valence-corrected chi connectivity index (χ4v) is 3.79. The number of aliphatic hydroxyl groups is 1. The molecule has 23 heavy (non-hydrogen) atoms. The Bertz CT molecular complexity index is 709. The minimum absolute atomic E-state index is 0.152. The summed E-state index contributed by atoms with van der Waals surface area (Å²) in [5.74, 6) is 5.11. The molecular weight excluding hydrogens is 316 g/mol. The van der Waals surface area contributed by atoms with Crippen molar-refractivity contribution in [3.8, 4) is 11.8 Å². The number of nitrogens with one attached hydrogen (secondary N) is 1. The number of benzene rings is 1. The van der Waals surface area contributed by atoms with Gasteiger partial charge in [-0.15, -0.1) is 5.92 Å². The normalized spacial score (nSPS) is 16.4. The monoisotopic (exact) mass is 336 g/mol. The molecule has 0 bridgehead atoms. The number of hydrogen-bond donors (Lipinski definition) is 2. The van der Waals surface area contributed by atoms with E-state index in [0.29, 0.717) is 31.5 Å². The average Bonchev–Trinajstić information content (AvgIpc) is 2.55. The minimum atomic E-state index is -3.58. The van der Waals surface area contributed by atoms with Crippen molar-refractivity contribution in [2.24, 2.45) is 0 Å². The molecule has 7 heteroatoms. The highest BCUT2D eigenvalue weighted by Crippen LogP contribution is 2.21. The van der Waals surface area contributed by atoms with Gasteiger partial charge >= 0.3 is 0 Å². The molecule has 1 aliphatic heterocycles. The SMILES string of the molecule is CC#CCNC(=O)c1ccc(S(=O)(=O)N2CCC(O)CC2)cc1. The van der Waals surface area contributed by atoms with E-state index < -0.39 is 16.1 Å². The molecule has 0 aliphatic carbocycles. The second-order valence-electron chi connectivity index (χ2n) is 5.27. The molecule has 124 valence electrons. The Labute approximate surface area is 136 Å². The van der Waals surface area contributed by atoms with Crippen LogP contribution in [0.1, 0.15) is 30.1 Å².